The van der Waals surface area contributed by atoms with Gasteiger partial charge in [-0.1, -0.05) is 23.7 Å². The molecule has 0 aliphatic heterocycles. The van der Waals surface area contributed by atoms with Crippen LogP contribution in [-0.4, -0.2) is 7.05 Å². The van der Waals surface area contributed by atoms with Crippen molar-refractivity contribution in [2.24, 2.45) is 0 Å². The summed E-state index contributed by atoms with van der Waals surface area (Å²) in [6.07, 6.45) is 0.228. The molecule has 0 saturated heterocycles. The first-order valence-electron chi connectivity index (χ1n) is 6.08. The minimum atomic E-state index is -0.526. The molecular formula is C15H13ClF2IN. The van der Waals surface area contributed by atoms with Crippen LogP contribution in [0.4, 0.5) is 8.78 Å². The number of benzene rings is 2. The van der Waals surface area contributed by atoms with Gasteiger partial charge in [-0.15, -0.1) is 0 Å². The SMILES string of the molecule is CNC(Cc1c(F)cccc1F)c1ccc(I)c(Cl)c1. The minimum absolute atomic E-state index is 0.0847. The van der Waals surface area contributed by atoms with E-state index in [-0.39, 0.29) is 18.0 Å². The Labute approximate surface area is 135 Å². The lowest BCUT2D eigenvalue weighted by molar-refractivity contribution is 0.515. The lowest BCUT2D eigenvalue weighted by Gasteiger charge is -2.18. The second kappa shape index (κ2) is 6.83. The Morgan fingerprint density at radius 3 is 2.40 bits per heavy atom. The Morgan fingerprint density at radius 2 is 1.85 bits per heavy atom. The van der Waals surface area contributed by atoms with Crippen LogP contribution in [-0.2, 0) is 6.42 Å². The van der Waals surface area contributed by atoms with Crippen LogP contribution in [0.3, 0.4) is 0 Å². The average Bonchev–Trinajstić information content (AvgIpc) is 2.42. The van der Waals surface area contributed by atoms with Crippen LogP contribution in [0.1, 0.15) is 17.2 Å². The van der Waals surface area contributed by atoms with Crippen molar-refractivity contribution in [1.29, 1.82) is 0 Å². The smallest absolute Gasteiger partial charge is 0.129 e. The summed E-state index contributed by atoms with van der Waals surface area (Å²) in [4.78, 5) is 0. The molecule has 1 atom stereocenters. The van der Waals surface area contributed by atoms with E-state index in [1.54, 1.807) is 7.05 Å². The van der Waals surface area contributed by atoms with Crippen molar-refractivity contribution in [3.8, 4) is 0 Å². The fourth-order valence-electron chi connectivity index (χ4n) is 2.05. The lowest BCUT2D eigenvalue weighted by Crippen LogP contribution is -2.20. The van der Waals surface area contributed by atoms with Crippen molar-refractivity contribution < 1.29 is 8.78 Å². The quantitative estimate of drug-likeness (QED) is 0.723. The van der Waals surface area contributed by atoms with Gasteiger partial charge < -0.3 is 5.32 Å². The second-order valence-electron chi connectivity index (χ2n) is 4.42. The Balaban J connectivity index is 2.31. The van der Waals surface area contributed by atoms with Gasteiger partial charge in [-0.25, -0.2) is 8.78 Å². The highest BCUT2D eigenvalue weighted by atomic mass is 127. The van der Waals surface area contributed by atoms with E-state index in [1.807, 2.05) is 18.2 Å². The predicted molar refractivity (Wildman–Crippen MR) is 86.0 cm³/mol. The van der Waals surface area contributed by atoms with Crippen LogP contribution in [0.5, 0.6) is 0 Å². The third-order valence-electron chi connectivity index (χ3n) is 3.16. The first kappa shape index (κ1) is 15.7. The summed E-state index contributed by atoms with van der Waals surface area (Å²) in [6.45, 7) is 0. The minimum Gasteiger partial charge on any atom is -0.313 e. The highest BCUT2D eigenvalue weighted by Crippen LogP contribution is 2.26. The standard InChI is InChI=1S/C15H13ClF2IN/c1-20-15(9-5-6-14(19)11(16)7-9)8-10-12(17)3-2-4-13(10)18/h2-7,15,20H,8H2,1H3. The fraction of sp³-hybridized carbons (Fsp3) is 0.200. The molecule has 0 heterocycles. The van der Waals surface area contributed by atoms with Crippen molar-refractivity contribution >= 4 is 34.2 Å². The number of hydrogen-bond acceptors (Lipinski definition) is 1. The molecule has 106 valence electrons. The van der Waals surface area contributed by atoms with Gasteiger partial charge in [-0.3, -0.25) is 0 Å². The van der Waals surface area contributed by atoms with E-state index in [0.29, 0.717) is 5.02 Å². The molecular weight excluding hydrogens is 395 g/mol. The summed E-state index contributed by atoms with van der Waals surface area (Å²) in [7, 11) is 1.76. The fourth-order valence-corrected chi connectivity index (χ4v) is 2.57. The van der Waals surface area contributed by atoms with Crippen molar-refractivity contribution in [3.05, 3.63) is 67.8 Å². The Kier molecular flexibility index (Phi) is 5.35. The van der Waals surface area contributed by atoms with E-state index in [1.165, 1.54) is 18.2 Å². The predicted octanol–water partition coefficient (Wildman–Crippen LogP) is 4.73. The summed E-state index contributed by atoms with van der Waals surface area (Å²) in [6, 6.07) is 9.33. The zero-order valence-corrected chi connectivity index (χ0v) is 13.7. The Morgan fingerprint density at radius 1 is 1.20 bits per heavy atom. The van der Waals surface area contributed by atoms with E-state index < -0.39 is 11.6 Å². The summed E-state index contributed by atoms with van der Waals surface area (Å²) in [5.41, 5.74) is 0.988. The van der Waals surface area contributed by atoms with Crippen LogP contribution in [0.25, 0.3) is 0 Å². The first-order chi connectivity index (χ1) is 9.52. The maximum absolute atomic E-state index is 13.7. The third kappa shape index (κ3) is 3.48. The van der Waals surface area contributed by atoms with Gasteiger partial charge in [0.2, 0.25) is 0 Å². The topological polar surface area (TPSA) is 12.0 Å². The van der Waals surface area contributed by atoms with Gasteiger partial charge in [-0.2, -0.15) is 0 Å². The molecule has 2 aromatic rings. The van der Waals surface area contributed by atoms with Gasteiger partial charge in [0.15, 0.2) is 0 Å². The number of halogens is 4. The van der Waals surface area contributed by atoms with Gasteiger partial charge in [-0.05, 0) is 65.9 Å². The van der Waals surface area contributed by atoms with Gasteiger partial charge >= 0.3 is 0 Å². The third-order valence-corrected chi connectivity index (χ3v) is 4.74. The van der Waals surface area contributed by atoms with Crippen LogP contribution in [0.15, 0.2) is 36.4 Å². The molecule has 1 N–H and O–H groups in total. The maximum atomic E-state index is 13.7. The van der Waals surface area contributed by atoms with Crippen LogP contribution in [0.2, 0.25) is 5.02 Å². The lowest BCUT2D eigenvalue weighted by atomic mass is 9.98. The van der Waals surface area contributed by atoms with Crippen LogP contribution < -0.4 is 5.32 Å². The normalized spacial score (nSPS) is 12.4. The number of rotatable bonds is 4. The molecule has 2 aromatic carbocycles. The maximum Gasteiger partial charge on any atom is 0.129 e. The van der Waals surface area contributed by atoms with Gasteiger partial charge in [0.1, 0.15) is 11.6 Å². The molecule has 0 radical (unpaired) electrons. The van der Waals surface area contributed by atoms with Gasteiger partial charge in [0.05, 0.1) is 5.02 Å². The summed E-state index contributed by atoms with van der Waals surface area (Å²) >= 11 is 8.24. The number of likely N-dealkylation sites (N-methyl/N-ethyl adjacent to an activating group) is 1. The van der Waals surface area contributed by atoms with Crippen LogP contribution >= 0.6 is 34.2 Å². The van der Waals surface area contributed by atoms with E-state index in [4.69, 9.17) is 11.6 Å². The molecule has 0 saturated carbocycles. The highest BCUT2D eigenvalue weighted by Gasteiger charge is 2.16. The molecule has 1 unspecified atom stereocenters. The van der Waals surface area contributed by atoms with Crippen molar-refractivity contribution in [3.63, 3.8) is 0 Å². The summed E-state index contributed by atoms with van der Waals surface area (Å²) < 4.78 is 28.4. The largest absolute Gasteiger partial charge is 0.313 e. The zero-order chi connectivity index (χ0) is 14.7. The molecule has 0 aromatic heterocycles. The monoisotopic (exact) mass is 407 g/mol. The zero-order valence-electron chi connectivity index (χ0n) is 10.8. The number of nitrogens with one attached hydrogen (secondary N) is 1. The van der Waals surface area contributed by atoms with Crippen molar-refractivity contribution in [2.75, 3.05) is 7.05 Å². The molecule has 1 nitrogen and oxygen atoms in total. The van der Waals surface area contributed by atoms with Crippen molar-refractivity contribution in [2.45, 2.75) is 12.5 Å². The van der Waals surface area contributed by atoms with E-state index in [0.717, 1.165) is 9.13 Å². The first-order valence-corrected chi connectivity index (χ1v) is 7.53. The summed E-state index contributed by atoms with van der Waals surface area (Å²) in [5, 5.41) is 3.71. The number of hydrogen-bond donors (Lipinski definition) is 1. The van der Waals surface area contributed by atoms with E-state index >= 15 is 0 Å². The van der Waals surface area contributed by atoms with Gasteiger partial charge in [0.25, 0.3) is 0 Å². The molecule has 20 heavy (non-hydrogen) atoms. The van der Waals surface area contributed by atoms with Crippen molar-refractivity contribution in [1.82, 2.24) is 5.32 Å². The molecule has 5 heteroatoms. The average molecular weight is 408 g/mol. The molecule has 0 bridgehead atoms. The van der Waals surface area contributed by atoms with Gasteiger partial charge in [0, 0.05) is 15.2 Å². The molecule has 0 fully saturated rings. The molecule has 0 amide bonds. The molecule has 0 aliphatic rings. The molecule has 0 spiro atoms. The Hall–Kier alpha value is -0.720. The summed E-state index contributed by atoms with van der Waals surface area (Å²) in [5.74, 6) is -1.05. The molecule has 0 aliphatic carbocycles. The highest BCUT2D eigenvalue weighted by molar-refractivity contribution is 14.1. The second-order valence-corrected chi connectivity index (χ2v) is 5.99. The molecule has 2 rings (SSSR count). The van der Waals surface area contributed by atoms with E-state index in [9.17, 15) is 8.78 Å². The van der Waals surface area contributed by atoms with Crippen LogP contribution in [0, 0.1) is 15.2 Å². The Bertz CT molecular complexity index is 599. The van der Waals surface area contributed by atoms with E-state index in [2.05, 4.69) is 27.9 Å².